The molecule has 0 radical (unpaired) electrons. The summed E-state index contributed by atoms with van der Waals surface area (Å²) >= 11 is 3.47. The summed E-state index contributed by atoms with van der Waals surface area (Å²) in [5, 5.41) is 3.40. The SMILES string of the molecule is Brc1cccc(CNc2ccc3nc[nH]c3c2)c1. The molecular weight excluding hydrogens is 290 g/mol. The summed E-state index contributed by atoms with van der Waals surface area (Å²) in [4.78, 5) is 7.31. The molecule has 0 aliphatic carbocycles. The molecule has 2 aromatic carbocycles. The second kappa shape index (κ2) is 4.82. The van der Waals surface area contributed by atoms with Gasteiger partial charge in [-0.15, -0.1) is 0 Å². The summed E-state index contributed by atoms with van der Waals surface area (Å²) in [6.07, 6.45) is 1.71. The number of rotatable bonds is 3. The molecule has 0 bridgehead atoms. The third kappa shape index (κ3) is 2.38. The van der Waals surface area contributed by atoms with E-state index in [-0.39, 0.29) is 0 Å². The standard InChI is InChI=1S/C14H12BrN3/c15-11-3-1-2-10(6-11)8-16-12-4-5-13-14(7-12)18-9-17-13/h1-7,9,16H,8H2,(H,17,18). The number of imidazole rings is 1. The van der Waals surface area contributed by atoms with Crippen LogP contribution in [0.4, 0.5) is 5.69 Å². The fourth-order valence-electron chi connectivity index (χ4n) is 1.90. The van der Waals surface area contributed by atoms with E-state index in [4.69, 9.17) is 0 Å². The van der Waals surface area contributed by atoms with E-state index in [0.29, 0.717) is 0 Å². The molecular formula is C14H12BrN3. The lowest BCUT2D eigenvalue weighted by Gasteiger charge is -2.06. The maximum absolute atomic E-state index is 4.20. The molecule has 18 heavy (non-hydrogen) atoms. The summed E-state index contributed by atoms with van der Waals surface area (Å²) < 4.78 is 1.10. The summed E-state index contributed by atoms with van der Waals surface area (Å²) in [5.74, 6) is 0. The fourth-order valence-corrected chi connectivity index (χ4v) is 2.34. The van der Waals surface area contributed by atoms with Gasteiger partial charge in [0.1, 0.15) is 0 Å². The lowest BCUT2D eigenvalue weighted by atomic mass is 10.2. The van der Waals surface area contributed by atoms with Crippen LogP contribution < -0.4 is 5.32 Å². The molecule has 0 saturated heterocycles. The van der Waals surface area contributed by atoms with Crippen LogP contribution in [0.15, 0.2) is 53.3 Å². The van der Waals surface area contributed by atoms with Crippen LogP contribution in [0.25, 0.3) is 11.0 Å². The van der Waals surface area contributed by atoms with Crippen molar-refractivity contribution in [3.05, 3.63) is 58.8 Å². The molecule has 0 spiro atoms. The van der Waals surface area contributed by atoms with Gasteiger partial charge in [0, 0.05) is 16.7 Å². The van der Waals surface area contributed by atoms with Crippen LogP contribution in [-0.4, -0.2) is 9.97 Å². The molecule has 1 heterocycles. The topological polar surface area (TPSA) is 40.7 Å². The third-order valence-electron chi connectivity index (χ3n) is 2.81. The van der Waals surface area contributed by atoms with Crippen molar-refractivity contribution in [2.45, 2.75) is 6.54 Å². The van der Waals surface area contributed by atoms with Crippen molar-refractivity contribution >= 4 is 32.7 Å². The number of nitrogens with zero attached hydrogens (tertiary/aromatic N) is 1. The monoisotopic (exact) mass is 301 g/mol. The van der Waals surface area contributed by atoms with Crippen LogP contribution in [0.1, 0.15) is 5.56 Å². The Hall–Kier alpha value is -1.81. The van der Waals surface area contributed by atoms with Gasteiger partial charge in [-0.05, 0) is 35.9 Å². The second-order valence-corrected chi connectivity index (χ2v) is 5.03. The third-order valence-corrected chi connectivity index (χ3v) is 3.30. The highest BCUT2D eigenvalue weighted by atomic mass is 79.9. The van der Waals surface area contributed by atoms with Gasteiger partial charge < -0.3 is 10.3 Å². The van der Waals surface area contributed by atoms with Crippen LogP contribution in [-0.2, 0) is 6.54 Å². The maximum atomic E-state index is 4.20. The molecule has 2 N–H and O–H groups in total. The molecule has 0 fully saturated rings. The van der Waals surface area contributed by atoms with E-state index >= 15 is 0 Å². The minimum absolute atomic E-state index is 0.805. The average molecular weight is 302 g/mol. The summed E-state index contributed by atoms with van der Waals surface area (Å²) in [6, 6.07) is 14.4. The minimum Gasteiger partial charge on any atom is -0.381 e. The number of hydrogen-bond donors (Lipinski definition) is 2. The van der Waals surface area contributed by atoms with E-state index in [1.54, 1.807) is 6.33 Å². The number of aromatic nitrogens is 2. The molecule has 0 atom stereocenters. The molecule has 3 aromatic rings. The van der Waals surface area contributed by atoms with Crippen molar-refractivity contribution in [1.82, 2.24) is 9.97 Å². The van der Waals surface area contributed by atoms with Gasteiger partial charge in [-0.3, -0.25) is 0 Å². The van der Waals surface area contributed by atoms with Crippen molar-refractivity contribution in [2.75, 3.05) is 5.32 Å². The average Bonchev–Trinajstić information content (AvgIpc) is 2.84. The molecule has 90 valence electrons. The van der Waals surface area contributed by atoms with Gasteiger partial charge in [0.15, 0.2) is 0 Å². The fraction of sp³-hybridized carbons (Fsp3) is 0.0714. The van der Waals surface area contributed by atoms with Crippen LogP contribution in [0.3, 0.4) is 0 Å². The quantitative estimate of drug-likeness (QED) is 0.769. The Labute approximate surface area is 113 Å². The van der Waals surface area contributed by atoms with Crippen LogP contribution in [0.5, 0.6) is 0 Å². The lowest BCUT2D eigenvalue weighted by molar-refractivity contribution is 1.15. The first-order chi connectivity index (χ1) is 8.81. The van der Waals surface area contributed by atoms with Gasteiger partial charge in [0.05, 0.1) is 17.4 Å². The van der Waals surface area contributed by atoms with Gasteiger partial charge >= 0.3 is 0 Å². The zero-order valence-corrected chi connectivity index (χ0v) is 11.2. The molecule has 0 unspecified atom stereocenters. The molecule has 0 aliphatic rings. The van der Waals surface area contributed by atoms with Gasteiger partial charge in [0.2, 0.25) is 0 Å². The number of anilines is 1. The number of halogens is 1. The highest BCUT2D eigenvalue weighted by Crippen LogP contribution is 2.17. The van der Waals surface area contributed by atoms with Gasteiger partial charge in [-0.2, -0.15) is 0 Å². The molecule has 0 aliphatic heterocycles. The Morgan fingerprint density at radius 1 is 1.17 bits per heavy atom. The van der Waals surface area contributed by atoms with E-state index in [0.717, 1.165) is 27.7 Å². The van der Waals surface area contributed by atoms with Crippen molar-refractivity contribution < 1.29 is 0 Å². The number of aromatic amines is 1. The lowest BCUT2D eigenvalue weighted by Crippen LogP contribution is -1.98. The Kier molecular flexibility index (Phi) is 3.02. The molecule has 4 heteroatoms. The number of fused-ring (bicyclic) bond motifs is 1. The van der Waals surface area contributed by atoms with E-state index < -0.39 is 0 Å². The second-order valence-electron chi connectivity index (χ2n) is 4.12. The van der Waals surface area contributed by atoms with Gasteiger partial charge in [-0.1, -0.05) is 28.1 Å². The number of H-pyrrole nitrogens is 1. The Morgan fingerprint density at radius 3 is 3.00 bits per heavy atom. The first-order valence-corrected chi connectivity index (χ1v) is 6.52. The van der Waals surface area contributed by atoms with Crippen molar-refractivity contribution in [2.24, 2.45) is 0 Å². The molecule has 0 saturated carbocycles. The van der Waals surface area contributed by atoms with Crippen LogP contribution in [0.2, 0.25) is 0 Å². The van der Waals surface area contributed by atoms with E-state index in [9.17, 15) is 0 Å². The predicted molar refractivity (Wildman–Crippen MR) is 77.6 cm³/mol. The largest absolute Gasteiger partial charge is 0.381 e. The normalized spacial score (nSPS) is 10.7. The van der Waals surface area contributed by atoms with Gasteiger partial charge in [0.25, 0.3) is 0 Å². The van der Waals surface area contributed by atoms with Crippen molar-refractivity contribution in [3.8, 4) is 0 Å². The summed E-state index contributed by atoms with van der Waals surface area (Å²) in [6.45, 7) is 0.805. The number of benzene rings is 2. The molecule has 1 aromatic heterocycles. The van der Waals surface area contributed by atoms with E-state index in [1.807, 2.05) is 24.3 Å². The highest BCUT2D eigenvalue weighted by molar-refractivity contribution is 9.10. The molecule has 0 amide bonds. The smallest absolute Gasteiger partial charge is 0.0931 e. The van der Waals surface area contributed by atoms with E-state index in [2.05, 4.69) is 49.4 Å². The Bertz CT molecular complexity index is 675. The number of nitrogens with one attached hydrogen (secondary N) is 2. The van der Waals surface area contributed by atoms with Gasteiger partial charge in [-0.25, -0.2) is 4.98 Å². The zero-order valence-electron chi connectivity index (χ0n) is 9.65. The van der Waals surface area contributed by atoms with Crippen LogP contribution in [0, 0.1) is 0 Å². The highest BCUT2D eigenvalue weighted by Gasteiger charge is 1.98. The summed E-state index contributed by atoms with van der Waals surface area (Å²) in [7, 11) is 0. The first-order valence-electron chi connectivity index (χ1n) is 5.73. The number of hydrogen-bond acceptors (Lipinski definition) is 2. The first kappa shape index (κ1) is 11.3. The molecule has 3 nitrogen and oxygen atoms in total. The minimum atomic E-state index is 0.805. The summed E-state index contributed by atoms with van der Waals surface area (Å²) in [5.41, 5.74) is 4.37. The Morgan fingerprint density at radius 2 is 2.11 bits per heavy atom. The van der Waals surface area contributed by atoms with Crippen molar-refractivity contribution in [3.63, 3.8) is 0 Å². The van der Waals surface area contributed by atoms with Crippen LogP contribution >= 0.6 is 15.9 Å². The maximum Gasteiger partial charge on any atom is 0.0931 e. The zero-order chi connectivity index (χ0) is 12.4. The predicted octanol–water partition coefficient (Wildman–Crippen LogP) is 3.94. The Balaban J connectivity index is 1.76. The van der Waals surface area contributed by atoms with Crippen molar-refractivity contribution in [1.29, 1.82) is 0 Å². The van der Waals surface area contributed by atoms with E-state index in [1.165, 1.54) is 5.56 Å². The molecule has 3 rings (SSSR count).